The number of hydrazone groups is 1. The Morgan fingerprint density at radius 2 is 1.96 bits per heavy atom. The molecule has 126 valence electrons. The lowest BCUT2D eigenvalue weighted by molar-refractivity contribution is 0.0955. The van der Waals surface area contributed by atoms with E-state index in [0.29, 0.717) is 16.3 Å². The molecule has 1 aromatic heterocycles. The van der Waals surface area contributed by atoms with E-state index < -0.39 is 0 Å². The Hall–Kier alpha value is -2.50. The van der Waals surface area contributed by atoms with Gasteiger partial charge in [-0.3, -0.25) is 4.79 Å². The Labute approximate surface area is 154 Å². The molecule has 0 saturated heterocycles. The van der Waals surface area contributed by atoms with Crippen molar-refractivity contribution in [2.75, 3.05) is 0 Å². The molecule has 3 rings (SSSR count). The van der Waals surface area contributed by atoms with Gasteiger partial charge in [0.2, 0.25) is 0 Å². The first-order chi connectivity index (χ1) is 12.1. The number of benzene rings is 2. The number of nitrogens with zero attached hydrogens (tertiary/aromatic N) is 1. The molecule has 1 heterocycles. The van der Waals surface area contributed by atoms with E-state index >= 15 is 0 Å². The first kappa shape index (κ1) is 17.3. The lowest BCUT2D eigenvalue weighted by atomic mass is 10.1. The lowest BCUT2D eigenvalue weighted by Crippen LogP contribution is -2.17. The van der Waals surface area contributed by atoms with Gasteiger partial charge in [-0.25, -0.2) is 5.43 Å². The van der Waals surface area contributed by atoms with Crippen LogP contribution in [0.5, 0.6) is 0 Å². The minimum Gasteiger partial charge on any atom is -0.448 e. The van der Waals surface area contributed by atoms with Gasteiger partial charge in [-0.1, -0.05) is 41.1 Å². The van der Waals surface area contributed by atoms with Gasteiger partial charge in [0.15, 0.2) is 5.09 Å². The van der Waals surface area contributed by atoms with Crippen molar-refractivity contribution < 1.29 is 9.21 Å². The molecule has 0 spiro atoms. The molecule has 0 unspecified atom stereocenters. The summed E-state index contributed by atoms with van der Waals surface area (Å²) in [6.07, 6.45) is 1.47. The molecule has 2 aromatic carbocycles. The summed E-state index contributed by atoms with van der Waals surface area (Å²) in [5.41, 5.74) is 4.07. The topological polar surface area (TPSA) is 54.6 Å². The molecule has 0 radical (unpaired) electrons. The van der Waals surface area contributed by atoms with Crippen molar-refractivity contribution in [3.8, 4) is 0 Å². The Bertz CT molecular complexity index is 904. The standard InChI is InChI=1S/C19H15ClN2O2S/c1-13-3-2-4-14(11-13)19(23)22-21-12-16-7-10-18(24-16)25-17-8-5-15(20)6-9-17/h2-12H,1H3,(H,22,23)/b21-12+. The van der Waals surface area contributed by atoms with Crippen LogP contribution in [-0.2, 0) is 0 Å². The molecule has 0 saturated carbocycles. The highest BCUT2D eigenvalue weighted by molar-refractivity contribution is 7.99. The van der Waals surface area contributed by atoms with E-state index in [0.717, 1.165) is 15.6 Å². The first-order valence-electron chi connectivity index (χ1n) is 7.53. The van der Waals surface area contributed by atoms with E-state index in [2.05, 4.69) is 10.5 Å². The molecule has 0 atom stereocenters. The van der Waals surface area contributed by atoms with Gasteiger partial charge in [0.05, 0.1) is 6.21 Å². The highest BCUT2D eigenvalue weighted by atomic mass is 35.5. The number of rotatable bonds is 5. The average Bonchev–Trinajstić information content (AvgIpc) is 3.04. The van der Waals surface area contributed by atoms with Gasteiger partial charge in [0.1, 0.15) is 5.76 Å². The summed E-state index contributed by atoms with van der Waals surface area (Å²) in [7, 11) is 0. The number of nitrogens with one attached hydrogen (secondary N) is 1. The molecule has 0 fully saturated rings. The zero-order valence-electron chi connectivity index (χ0n) is 13.4. The van der Waals surface area contributed by atoms with Gasteiger partial charge >= 0.3 is 0 Å². The molecule has 1 N–H and O–H groups in total. The Morgan fingerprint density at radius 3 is 2.72 bits per heavy atom. The monoisotopic (exact) mass is 370 g/mol. The highest BCUT2D eigenvalue weighted by Crippen LogP contribution is 2.29. The summed E-state index contributed by atoms with van der Waals surface area (Å²) in [5.74, 6) is 0.295. The quantitative estimate of drug-likeness (QED) is 0.498. The molecule has 0 aliphatic rings. The highest BCUT2D eigenvalue weighted by Gasteiger charge is 2.05. The molecule has 1 amide bonds. The summed E-state index contributed by atoms with van der Waals surface area (Å²) in [6, 6.07) is 18.5. The van der Waals surface area contributed by atoms with E-state index in [-0.39, 0.29) is 5.91 Å². The fourth-order valence-corrected chi connectivity index (χ4v) is 2.99. The summed E-state index contributed by atoms with van der Waals surface area (Å²) in [4.78, 5) is 13.0. The van der Waals surface area contributed by atoms with Gasteiger partial charge < -0.3 is 4.42 Å². The van der Waals surface area contributed by atoms with Crippen molar-refractivity contribution in [1.82, 2.24) is 5.43 Å². The van der Waals surface area contributed by atoms with Gasteiger partial charge in [0.25, 0.3) is 5.91 Å². The Morgan fingerprint density at radius 1 is 1.16 bits per heavy atom. The first-order valence-corrected chi connectivity index (χ1v) is 8.73. The Balaban J connectivity index is 1.58. The number of hydrogen-bond donors (Lipinski definition) is 1. The van der Waals surface area contributed by atoms with Gasteiger partial charge in [-0.05, 0) is 55.5 Å². The molecular formula is C19H15ClN2O2S. The van der Waals surface area contributed by atoms with Crippen molar-refractivity contribution in [2.24, 2.45) is 5.10 Å². The third kappa shape index (κ3) is 4.98. The van der Waals surface area contributed by atoms with Crippen molar-refractivity contribution >= 4 is 35.5 Å². The van der Waals surface area contributed by atoms with Crippen LogP contribution in [0.2, 0.25) is 5.02 Å². The number of hydrogen-bond acceptors (Lipinski definition) is 4. The second-order valence-corrected chi connectivity index (χ2v) is 6.80. The number of halogens is 1. The average molecular weight is 371 g/mol. The van der Waals surface area contributed by atoms with Crippen LogP contribution in [0.1, 0.15) is 21.7 Å². The van der Waals surface area contributed by atoms with Crippen LogP contribution in [0.25, 0.3) is 0 Å². The molecule has 6 heteroatoms. The van der Waals surface area contributed by atoms with Gasteiger partial charge in [-0.2, -0.15) is 5.10 Å². The maximum absolute atomic E-state index is 12.0. The van der Waals surface area contributed by atoms with Gasteiger partial charge in [0, 0.05) is 15.5 Å². The molecule has 25 heavy (non-hydrogen) atoms. The van der Waals surface area contributed by atoms with Crippen LogP contribution in [0.15, 0.2) is 80.2 Å². The summed E-state index contributed by atoms with van der Waals surface area (Å²) < 4.78 is 5.65. The molecule has 0 aliphatic carbocycles. The number of furan rings is 1. The van der Waals surface area contributed by atoms with Gasteiger partial charge in [-0.15, -0.1) is 0 Å². The van der Waals surface area contributed by atoms with E-state index in [1.807, 2.05) is 49.4 Å². The summed E-state index contributed by atoms with van der Waals surface area (Å²) >= 11 is 7.35. The van der Waals surface area contributed by atoms with E-state index in [1.165, 1.54) is 18.0 Å². The second kappa shape index (κ2) is 8.05. The minimum atomic E-state index is -0.262. The normalized spacial score (nSPS) is 11.0. The predicted octanol–water partition coefficient (Wildman–Crippen LogP) is 5.16. The van der Waals surface area contributed by atoms with Crippen molar-refractivity contribution in [3.63, 3.8) is 0 Å². The zero-order valence-corrected chi connectivity index (χ0v) is 15.0. The number of carbonyl (C=O) groups is 1. The third-order valence-electron chi connectivity index (χ3n) is 3.27. The maximum atomic E-state index is 12.0. The number of aryl methyl sites for hydroxylation is 1. The molecule has 0 bridgehead atoms. The molecule has 0 aliphatic heterocycles. The Kier molecular flexibility index (Phi) is 5.58. The van der Waals surface area contributed by atoms with Crippen LogP contribution in [0.3, 0.4) is 0 Å². The number of carbonyl (C=O) groups excluding carboxylic acids is 1. The zero-order chi connectivity index (χ0) is 17.6. The fourth-order valence-electron chi connectivity index (χ4n) is 2.08. The van der Waals surface area contributed by atoms with Crippen molar-refractivity contribution in [3.05, 3.63) is 82.6 Å². The third-order valence-corrected chi connectivity index (χ3v) is 4.45. The molecule has 4 nitrogen and oxygen atoms in total. The molecular weight excluding hydrogens is 356 g/mol. The summed E-state index contributed by atoms with van der Waals surface area (Å²) in [5, 5.41) is 5.36. The smallest absolute Gasteiger partial charge is 0.271 e. The van der Waals surface area contributed by atoms with Crippen molar-refractivity contribution in [1.29, 1.82) is 0 Å². The van der Waals surface area contributed by atoms with Crippen LogP contribution in [-0.4, -0.2) is 12.1 Å². The van der Waals surface area contributed by atoms with Crippen LogP contribution in [0.4, 0.5) is 0 Å². The van der Waals surface area contributed by atoms with Crippen LogP contribution in [0, 0.1) is 6.92 Å². The minimum absolute atomic E-state index is 0.262. The maximum Gasteiger partial charge on any atom is 0.271 e. The van der Waals surface area contributed by atoms with Crippen LogP contribution < -0.4 is 5.43 Å². The van der Waals surface area contributed by atoms with E-state index in [9.17, 15) is 4.79 Å². The van der Waals surface area contributed by atoms with E-state index in [4.69, 9.17) is 16.0 Å². The second-order valence-electron chi connectivity index (χ2n) is 5.28. The summed E-state index contributed by atoms with van der Waals surface area (Å²) in [6.45, 7) is 1.93. The largest absolute Gasteiger partial charge is 0.448 e. The van der Waals surface area contributed by atoms with Crippen LogP contribution >= 0.6 is 23.4 Å². The fraction of sp³-hybridized carbons (Fsp3) is 0.0526. The molecule has 3 aromatic rings. The lowest BCUT2D eigenvalue weighted by Gasteiger charge is -2.00. The SMILES string of the molecule is Cc1cccc(C(=O)N/N=C/c2ccc(Sc3ccc(Cl)cc3)o2)c1. The van der Waals surface area contributed by atoms with Crippen molar-refractivity contribution in [2.45, 2.75) is 16.9 Å². The number of amides is 1. The predicted molar refractivity (Wildman–Crippen MR) is 101 cm³/mol. The van der Waals surface area contributed by atoms with E-state index in [1.54, 1.807) is 18.2 Å².